The zero-order valence-corrected chi connectivity index (χ0v) is 13.6. The van der Waals surface area contributed by atoms with E-state index in [1.165, 1.54) is 0 Å². The summed E-state index contributed by atoms with van der Waals surface area (Å²) in [5, 5.41) is 12.8. The van der Waals surface area contributed by atoms with Crippen LogP contribution in [0.2, 0.25) is 5.02 Å². The molecule has 0 unspecified atom stereocenters. The Kier molecular flexibility index (Phi) is 5.79. The van der Waals surface area contributed by atoms with Crippen LogP contribution in [0.5, 0.6) is 0 Å². The van der Waals surface area contributed by atoms with Crippen molar-refractivity contribution in [1.29, 1.82) is 0 Å². The molecule has 0 aliphatic rings. The number of halogens is 2. The van der Waals surface area contributed by atoms with Crippen LogP contribution >= 0.6 is 27.5 Å². The van der Waals surface area contributed by atoms with Crippen LogP contribution in [0.15, 0.2) is 53.0 Å². The van der Waals surface area contributed by atoms with Gasteiger partial charge in [0.05, 0.1) is 18.2 Å². The zero-order chi connectivity index (χ0) is 15.2. The van der Waals surface area contributed by atoms with Crippen molar-refractivity contribution in [2.24, 2.45) is 0 Å². The number of carbonyl (C=O) groups is 1. The predicted molar refractivity (Wildman–Crippen MR) is 87.6 cm³/mol. The summed E-state index contributed by atoms with van der Waals surface area (Å²) in [4.78, 5) is 12.2. The average molecular weight is 369 g/mol. The highest BCUT2D eigenvalue weighted by Gasteiger charge is 2.15. The molecule has 0 aromatic heterocycles. The van der Waals surface area contributed by atoms with Gasteiger partial charge in [0, 0.05) is 9.50 Å². The van der Waals surface area contributed by atoms with E-state index in [9.17, 15) is 9.90 Å². The number of hydrogen-bond donors (Lipinski definition) is 2. The molecule has 1 atom stereocenters. The lowest BCUT2D eigenvalue weighted by Gasteiger charge is -2.17. The van der Waals surface area contributed by atoms with Crippen LogP contribution in [0.3, 0.4) is 0 Å². The molecule has 0 fully saturated rings. The Labute approximate surface area is 137 Å². The van der Waals surface area contributed by atoms with Gasteiger partial charge < -0.3 is 10.4 Å². The van der Waals surface area contributed by atoms with Crippen LogP contribution in [0, 0.1) is 0 Å². The molecular weight excluding hydrogens is 354 g/mol. The molecule has 2 rings (SSSR count). The van der Waals surface area contributed by atoms with Crippen LogP contribution in [0.4, 0.5) is 0 Å². The van der Waals surface area contributed by atoms with Crippen LogP contribution in [-0.2, 0) is 6.42 Å². The Hall–Kier alpha value is -1.36. The monoisotopic (exact) mass is 367 g/mol. The second-order valence-electron chi connectivity index (χ2n) is 4.67. The molecular formula is C16H15BrClNO2. The highest BCUT2D eigenvalue weighted by atomic mass is 79.9. The molecule has 2 aromatic carbocycles. The largest absolute Gasteiger partial charge is 0.394 e. The normalized spacial score (nSPS) is 12.0. The minimum Gasteiger partial charge on any atom is -0.394 e. The first-order valence-corrected chi connectivity index (χ1v) is 7.68. The van der Waals surface area contributed by atoms with Crippen molar-refractivity contribution in [2.45, 2.75) is 12.5 Å². The molecule has 3 nitrogen and oxygen atoms in total. The van der Waals surface area contributed by atoms with Gasteiger partial charge in [-0.2, -0.15) is 0 Å². The van der Waals surface area contributed by atoms with Gasteiger partial charge >= 0.3 is 0 Å². The third-order valence-electron chi connectivity index (χ3n) is 3.06. The molecule has 0 heterocycles. The van der Waals surface area contributed by atoms with Gasteiger partial charge in [-0.05, 0) is 46.1 Å². The maximum absolute atomic E-state index is 12.2. The number of hydrogen-bond acceptors (Lipinski definition) is 2. The molecule has 0 saturated heterocycles. The average Bonchev–Trinajstić information content (AvgIpc) is 2.47. The van der Waals surface area contributed by atoms with Crippen molar-refractivity contribution in [1.82, 2.24) is 5.32 Å². The summed E-state index contributed by atoms with van der Waals surface area (Å²) in [6, 6.07) is 14.4. The fourth-order valence-electron chi connectivity index (χ4n) is 2.00. The number of aliphatic hydroxyl groups is 1. The molecule has 0 radical (unpaired) electrons. The van der Waals surface area contributed by atoms with E-state index in [1.807, 2.05) is 30.3 Å². The van der Waals surface area contributed by atoms with E-state index in [4.69, 9.17) is 11.6 Å². The molecule has 2 aromatic rings. The molecule has 0 saturated carbocycles. The van der Waals surface area contributed by atoms with E-state index in [0.29, 0.717) is 21.5 Å². The van der Waals surface area contributed by atoms with Gasteiger partial charge in [-0.15, -0.1) is 0 Å². The van der Waals surface area contributed by atoms with Crippen molar-refractivity contribution < 1.29 is 9.90 Å². The summed E-state index contributed by atoms with van der Waals surface area (Å²) < 4.78 is 0.629. The Morgan fingerprint density at radius 1 is 1.24 bits per heavy atom. The molecule has 110 valence electrons. The van der Waals surface area contributed by atoms with E-state index in [2.05, 4.69) is 21.2 Å². The van der Waals surface area contributed by atoms with Crippen molar-refractivity contribution in [3.63, 3.8) is 0 Å². The second-order valence-corrected chi connectivity index (χ2v) is 5.96. The third kappa shape index (κ3) is 4.56. The van der Waals surface area contributed by atoms with E-state index in [0.717, 1.165) is 5.56 Å². The van der Waals surface area contributed by atoms with Gasteiger partial charge in [0.25, 0.3) is 5.91 Å². The summed E-state index contributed by atoms with van der Waals surface area (Å²) in [6.45, 7) is -0.119. The molecule has 2 N–H and O–H groups in total. The van der Waals surface area contributed by atoms with Gasteiger partial charge in [-0.1, -0.05) is 41.9 Å². The molecule has 0 aliphatic carbocycles. The van der Waals surface area contributed by atoms with Gasteiger partial charge in [0.2, 0.25) is 0 Å². The molecule has 5 heteroatoms. The van der Waals surface area contributed by atoms with Crippen LogP contribution in [0.1, 0.15) is 15.9 Å². The SMILES string of the molecule is O=C(N[C@H](CO)Cc1ccccc1)c1ccc(Cl)cc1Br. The molecule has 0 aliphatic heterocycles. The van der Waals surface area contributed by atoms with Gasteiger partial charge in [-0.25, -0.2) is 0 Å². The van der Waals surface area contributed by atoms with E-state index >= 15 is 0 Å². The zero-order valence-electron chi connectivity index (χ0n) is 11.2. The first-order valence-electron chi connectivity index (χ1n) is 6.51. The highest BCUT2D eigenvalue weighted by Crippen LogP contribution is 2.21. The Morgan fingerprint density at radius 2 is 1.95 bits per heavy atom. The number of amides is 1. The molecule has 21 heavy (non-hydrogen) atoms. The maximum atomic E-state index is 12.2. The lowest BCUT2D eigenvalue weighted by Crippen LogP contribution is -2.39. The topological polar surface area (TPSA) is 49.3 Å². The van der Waals surface area contributed by atoms with Gasteiger partial charge in [-0.3, -0.25) is 4.79 Å². The van der Waals surface area contributed by atoms with Crippen molar-refractivity contribution in [3.05, 3.63) is 69.2 Å². The lowest BCUT2D eigenvalue weighted by atomic mass is 10.1. The van der Waals surface area contributed by atoms with Crippen LogP contribution < -0.4 is 5.32 Å². The van der Waals surface area contributed by atoms with Crippen molar-refractivity contribution in [2.75, 3.05) is 6.61 Å². The summed E-state index contributed by atoms with van der Waals surface area (Å²) in [5.74, 6) is -0.242. The number of rotatable bonds is 5. The first-order chi connectivity index (χ1) is 10.1. The van der Waals surface area contributed by atoms with Gasteiger partial charge in [0.1, 0.15) is 0 Å². The Bertz CT molecular complexity index is 619. The summed E-state index contributed by atoms with van der Waals surface area (Å²) in [5.41, 5.74) is 1.55. The van der Waals surface area contributed by atoms with Crippen molar-refractivity contribution >= 4 is 33.4 Å². The quantitative estimate of drug-likeness (QED) is 0.849. The van der Waals surface area contributed by atoms with E-state index < -0.39 is 0 Å². The highest BCUT2D eigenvalue weighted by molar-refractivity contribution is 9.10. The second kappa shape index (κ2) is 7.59. The number of carbonyl (C=O) groups excluding carboxylic acids is 1. The smallest absolute Gasteiger partial charge is 0.252 e. The molecule has 0 bridgehead atoms. The van der Waals surface area contributed by atoms with Crippen LogP contribution in [0.25, 0.3) is 0 Å². The predicted octanol–water partition coefficient (Wildman–Crippen LogP) is 3.44. The summed E-state index contributed by atoms with van der Waals surface area (Å²) >= 11 is 9.18. The van der Waals surface area contributed by atoms with Crippen molar-refractivity contribution in [3.8, 4) is 0 Å². The number of aliphatic hydroxyl groups excluding tert-OH is 1. The van der Waals surface area contributed by atoms with Crippen LogP contribution in [-0.4, -0.2) is 23.7 Å². The number of benzene rings is 2. The Morgan fingerprint density at radius 3 is 2.57 bits per heavy atom. The molecule has 1 amide bonds. The summed E-state index contributed by atoms with van der Waals surface area (Å²) in [7, 11) is 0. The Balaban J connectivity index is 2.06. The maximum Gasteiger partial charge on any atom is 0.252 e. The summed E-state index contributed by atoms with van der Waals surface area (Å²) in [6.07, 6.45) is 0.578. The standard InChI is InChI=1S/C16H15BrClNO2/c17-15-9-12(18)6-7-14(15)16(21)19-13(10-20)8-11-4-2-1-3-5-11/h1-7,9,13,20H,8,10H2,(H,19,21)/t13-/m0/s1. The van der Waals surface area contributed by atoms with Gasteiger partial charge in [0.15, 0.2) is 0 Å². The van der Waals surface area contributed by atoms with E-state index in [1.54, 1.807) is 18.2 Å². The third-order valence-corrected chi connectivity index (χ3v) is 3.95. The minimum atomic E-state index is -0.331. The fourth-order valence-corrected chi connectivity index (χ4v) is 2.86. The minimum absolute atomic E-state index is 0.119. The molecule has 0 spiro atoms. The first kappa shape index (κ1) is 16.0. The fraction of sp³-hybridized carbons (Fsp3) is 0.188. The lowest BCUT2D eigenvalue weighted by molar-refractivity contribution is 0.0915. The van der Waals surface area contributed by atoms with E-state index in [-0.39, 0.29) is 18.6 Å². The number of nitrogens with one attached hydrogen (secondary N) is 1.